The van der Waals surface area contributed by atoms with Gasteiger partial charge in [-0.1, -0.05) is 50.6 Å². The van der Waals surface area contributed by atoms with E-state index in [9.17, 15) is 23.1 Å². The van der Waals surface area contributed by atoms with Crippen LogP contribution >= 0.6 is 22.9 Å². The molecular weight excluding hydrogens is 624 g/mol. The number of aryl methyl sites for hydroxylation is 1. The Labute approximate surface area is 265 Å². The number of aliphatic carboxylic acids is 1. The first-order valence-corrected chi connectivity index (χ1v) is 16.6. The van der Waals surface area contributed by atoms with Crippen LogP contribution in [0.1, 0.15) is 53.0 Å². The molecule has 0 saturated heterocycles. The van der Waals surface area contributed by atoms with Gasteiger partial charge >= 0.3 is 5.97 Å². The fraction of sp³-hybridized carbons (Fsp3) is 0.281. The molecule has 1 unspecified atom stereocenters. The van der Waals surface area contributed by atoms with Crippen molar-refractivity contribution in [1.82, 2.24) is 10.3 Å². The fourth-order valence-corrected chi connectivity index (χ4v) is 6.36. The number of carbonyl (C=O) groups excluding carboxylic acids is 1. The quantitative estimate of drug-likeness (QED) is 0.160. The van der Waals surface area contributed by atoms with Crippen LogP contribution in [0.4, 0.5) is 0 Å². The van der Waals surface area contributed by atoms with Crippen LogP contribution < -0.4 is 14.8 Å². The molecule has 4 rings (SSSR count). The summed E-state index contributed by atoms with van der Waals surface area (Å²) >= 11 is 7.40. The average Bonchev–Trinajstić information content (AvgIpc) is 3.47. The van der Waals surface area contributed by atoms with Gasteiger partial charge < -0.3 is 19.9 Å². The van der Waals surface area contributed by atoms with E-state index in [4.69, 9.17) is 21.1 Å². The zero-order chi connectivity index (χ0) is 31.9. The maximum Gasteiger partial charge on any atom is 0.366 e. The summed E-state index contributed by atoms with van der Waals surface area (Å²) in [4.78, 5) is 30.5. The second-order valence-electron chi connectivity index (χ2n) is 11.0. The number of rotatable bonds is 13. The predicted octanol–water partition coefficient (Wildman–Crippen LogP) is 6.30. The van der Waals surface area contributed by atoms with Gasteiger partial charge in [0.15, 0.2) is 9.84 Å². The Morgan fingerprint density at radius 2 is 1.73 bits per heavy atom. The lowest BCUT2D eigenvalue weighted by molar-refractivity contribution is -0.146. The Kier molecular flexibility index (Phi) is 10.7. The monoisotopic (exact) mass is 656 g/mol. The lowest BCUT2D eigenvalue weighted by Crippen LogP contribution is -2.44. The molecule has 1 atom stereocenters. The highest BCUT2D eigenvalue weighted by molar-refractivity contribution is 7.91. The summed E-state index contributed by atoms with van der Waals surface area (Å²) in [6, 6.07) is 19.0. The zero-order valence-corrected chi connectivity index (χ0v) is 26.8. The molecule has 2 N–H and O–H groups in total. The molecule has 1 amide bonds. The number of nitrogens with zero attached hydrogens (tertiary/aromatic N) is 1. The zero-order valence-electron chi connectivity index (χ0n) is 24.4. The van der Waals surface area contributed by atoms with Crippen molar-refractivity contribution in [2.24, 2.45) is 0 Å². The molecule has 0 aliphatic heterocycles. The van der Waals surface area contributed by atoms with E-state index < -0.39 is 27.9 Å². The van der Waals surface area contributed by atoms with E-state index in [0.29, 0.717) is 23.6 Å². The van der Waals surface area contributed by atoms with Gasteiger partial charge in [0, 0.05) is 21.7 Å². The highest BCUT2D eigenvalue weighted by atomic mass is 35.5. The highest BCUT2D eigenvalue weighted by Gasteiger charge is 2.23. The Bertz CT molecular complexity index is 1700. The molecule has 0 fully saturated rings. The number of sulfone groups is 1. The number of carboxylic acids is 1. The molecule has 12 heteroatoms. The van der Waals surface area contributed by atoms with Crippen molar-refractivity contribution >= 4 is 44.7 Å². The Morgan fingerprint density at radius 1 is 1.02 bits per heavy atom. The SMILES string of the molecule is CC(C)(C)c1cnc(COc2cccc(C(=O)NC(Oc3ccc(CCCS(=O)(=O)c4ccc(Cl)cc4)cc3)C(=O)O)c2)s1. The summed E-state index contributed by atoms with van der Waals surface area (Å²) in [5, 5.41) is 13.3. The summed E-state index contributed by atoms with van der Waals surface area (Å²) in [5.74, 6) is -1.39. The molecule has 0 aliphatic carbocycles. The van der Waals surface area contributed by atoms with Crippen molar-refractivity contribution in [3.8, 4) is 11.5 Å². The molecule has 232 valence electrons. The van der Waals surface area contributed by atoms with Gasteiger partial charge in [-0.3, -0.25) is 4.79 Å². The van der Waals surface area contributed by atoms with Gasteiger partial charge in [-0.05, 0) is 78.4 Å². The first kappa shape index (κ1) is 33.0. The van der Waals surface area contributed by atoms with Gasteiger partial charge in [0.2, 0.25) is 0 Å². The molecule has 1 heterocycles. The number of halogens is 1. The summed E-state index contributed by atoms with van der Waals surface area (Å²) in [5.41, 5.74) is 1.04. The predicted molar refractivity (Wildman–Crippen MR) is 169 cm³/mol. The molecule has 44 heavy (non-hydrogen) atoms. The van der Waals surface area contributed by atoms with E-state index >= 15 is 0 Å². The standard InChI is InChI=1S/C32H33ClN2O7S2/c1-32(2,3)27-19-34-28(43-27)20-41-25-8-4-7-22(18-25)29(36)35-30(31(37)38)42-24-13-9-21(10-14-24)6-5-17-44(39,40)26-15-11-23(33)12-16-26/h4,7-16,18-19,30H,5-6,17,20H2,1-3H3,(H,35,36)(H,37,38). The molecule has 4 aromatic rings. The molecule has 0 aliphatic rings. The maximum absolute atomic E-state index is 12.9. The van der Waals surface area contributed by atoms with Crippen LogP contribution in [-0.2, 0) is 33.1 Å². The molecule has 1 aromatic heterocycles. The number of benzene rings is 3. The molecule has 3 aromatic carbocycles. The van der Waals surface area contributed by atoms with Crippen LogP contribution in [0.2, 0.25) is 5.02 Å². The Balaban J connectivity index is 1.30. The van der Waals surface area contributed by atoms with E-state index in [0.717, 1.165) is 15.4 Å². The van der Waals surface area contributed by atoms with E-state index in [2.05, 4.69) is 31.1 Å². The Morgan fingerprint density at radius 3 is 2.36 bits per heavy atom. The molecule has 9 nitrogen and oxygen atoms in total. The van der Waals surface area contributed by atoms with Crippen LogP contribution in [0.3, 0.4) is 0 Å². The molecular formula is C32H33ClN2O7S2. The molecule has 0 bridgehead atoms. The number of aromatic nitrogens is 1. The van der Waals surface area contributed by atoms with E-state index in [-0.39, 0.29) is 34.0 Å². The van der Waals surface area contributed by atoms with Gasteiger partial charge in [-0.15, -0.1) is 11.3 Å². The van der Waals surface area contributed by atoms with Gasteiger partial charge in [0.05, 0.1) is 10.6 Å². The number of nitrogens with one attached hydrogen (secondary N) is 1. The van der Waals surface area contributed by atoms with Gasteiger partial charge in [0.1, 0.15) is 23.1 Å². The number of carboxylic acid groups (broad SMARTS) is 1. The van der Waals surface area contributed by atoms with Crippen molar-refractivity contribution in [2.75, 3.05) is 5.75 Å². The van der Waals surface area contributed by atoms with E-state index in [1.165, 1.54) is 18.2 Å². The Hall–Kier alpha value is -3.93. The second kappa shape index (κ2) is 14.2. The fourth-order valence-electron chi connectivity index (χ4n) is 4.04. The maximum atomic E-state index is 12.9. The largest absolute Gasteiger partial charge is 0.486 e. The summed E-state index contributed by atoms with van der Waals surface area (Å²) in [6.07, 6.45) is 1.08. The number of hydrogen-bond donors (Lipinski definition) is 2. The van der Waals surface area contributed by atoms with Crippen molar-refractivity contribution in [2.45, 2.75) is 56.8 Å². The number of thiazole rings is 1. The summed E-state index contributed by atoms with van der Waals surface area (Å²) in [6.45, 7) is 6.57. The van der Waals surface area contributed by atoms with Gasteiger partial charge in [-0.25, -0.2) is 18.2 Å². The average molecular weight is 657 g/mol. The normalized spacial score (nSPS) is 12.4. The lowest BCUT2D eigenvalue weighted by atomic mass is 9.96. The second-order valence-corrected chi connectivity index (χ2v) is 14.7. The number of ether oxygens (including phenoxy) is 2. The lowest BCUT2D eigenvalue weighted by Gasteiger charge is -2.17. The van der Waals surface area contributed by atoms with Crippen molar-refractivity contribution < 1.29 is 32.6 Å². The number of hydrogen-bond acceptors (Lipinski definition) is 8. The van der Waals surface area contributed by atoms with Crippen molar-refractivity contribution in [3.63, 3.8) is 0 Å². The van der Waals surface area contributed by atoms with E-state index in [1.54, 1.807) is 65.9 Å². The number of carbonyl (C=O) groups is 2. The molecule has 0 radical (unpaired) electrons. The van der Waals surface area contributed by atoms with Crippen LogP contribution in [0.25, 0.3) is 0 Å². The van der Waals surface area contributed by atoms with Crippen LogP contribution in [0, 0.1) is 0 Å². The van der Waals surface area contributed by atoms with Crippen molar-refractivity contribution in [3.05, 3.63) is 105 Å². The highest BCUT2D eigenvalue weighted by Crippen LogP contribution is 2.28. The molecule has 0 saturated carbocycles. The molecule has 0 spiro atoms. The summed E-state index contributed by atoms with van der Waals surface area (Å²) < 4.78 is 36.4. The third-order valence-corrected chi connectivity index (χ3v) is 9.93. The third kappa shape index (κ3) is 9.28. The van der Waals surface area contributed by atoms with Crippen LogP contribution in [0.5, 0.6) is 11.5 Å². The van der Waals surface area contributed by atoms with E-state index in [1.807, 2.05) is 6.20 Å². The first-order valence-electron chi connectivity index (χ1n) is 13.8. The van der Waals surface area contributed by atoms with Crippen LogP contribution in [-0.4, -0.2) is 42.4 Å². The van der Waals surface area contributed by atoms with Gasteiger partial charge in [-0.2, -0.15) is 0 Å². The smallest absolute Gasteiger partial charge is 0.366 e. The number of amides is 1. The minimum Gasteiger partial charge on any atom is -0.486 e. The summed E-state index contributed by atoms with van der Waals surface area (Å²) in [7, 11) is -3.44. The topological polar surface area (TPSA) is 132 Å². The first-order chi connectivity index (χ1) is 20.8. The van der Waals surface area contributed by atoms with Crippen molar-refractivity contribution in [1.29, 1.82) is 0 Å². The minimum atomic E-state index is -3.44. The minimum absolute atomic E-state index is 0.0109. The van der Waals surface area contributed by atoms with Crippen LogP contribution in [0.15, 0.2) is 83.9 Å². The van der Waals surface area contributed by atoms with Gasteiger partial charge in [0.25, 0.3) is 12.1 Å². The third-order valence-electron chi connectivity index (χ3n) is 6.47.